The summed E-state index contributed by atoms with van der Waals surface area (Å²) in [5.41, 5.74) is -0.238. The van der Waals surface area contributed by atoms with Gasteiger partial charge in [0, 0.05) is 13.1 Å². The Hall–Kier alpha value is -1.86. The summed E-state index contributed by atoms with van der Waals surface area (Å²) in [7, 11) is 0. The lowest BCUT2D eigenvalue weighted by atomic mass is 10.2. The summed E-state index contributed by atoms with van der Waals surface area (Å²) in [6, 6.07) is 1.91. The van der Waals surface area contributed by atoms with Gasteiger partial charge in [0.25, 0.3) is 5.91 Å². The van der Waals surface area contributed by atoms with Gasteiger partial charge in [-0.2, -0.15) is 0 Å². The lowest BCUT2D eigenvalue weighted by molar-refractivity contribution is -0.138. The highest BCUT2D eigenvalue weighted by atomic mass is 35.5. The molecule has 0 spiro atoms. The fraction of sp³-hybridized carbons (Fsp3) is 0.400. The maximum atomic E-state index is 13.4. The lowest BCUT2D eigenvalue weighted by Gasteiger charge is -2.20. The summed E-state index contributed by atoms with van der Waals surface area (Å²) in [5, 5.41) is 2.24. The van der Waals surface area contributed by atoms with Crippen LogP contribution in [-0.4, -0.2) is 48.9 Å². The molecule has 0 atom stereocenters. The minimum Gasteiger partial charge on any atom is -0.452 e. The van der Waals surface area contributed by atoms with Crippen LogP contribution in [0.4, 0.5) is 4.39 Å². The van der Waals surface area contributed by atoms with E-state index in [1.54, 1.807) is 13.8 Å². The summed E-state index contributed by atoms with van der Waals surface area (Å²) in [4.78, 5) is 36.6. The van der Waals surface area contributed by atoms with E-state index < -0.39 is 24.3 Å². The van der Waals surface area contributed by atoms with Crippen LogP contribution in [0.25, 0.3) is 0 Å². The Morgan fingerprint density at radius 2 is 1.88 bits per heavy atom. The van der Waals surface area contributed by atoms with E-state index in [-0.39, 0.29) is 34.6 Å². The van der Waals surface area contributed by atoms with Gasteiger partial charge in [0.2, 0.25) is 5.91 Å². The zero-order chi connectivity index (χ0) is 18.3. The van der Waals surface area contributed by atoms with Crippen molar-refractivity contribution in [3.8, 4) is 0 Å². The van der Waals surface area contributed by atoms with Gasteiger partial charge >= 0.3 is 5.97 Å². The first-order valence-electron chi connectivity index (χ1n) is 7.16. The average molecular weight is 379 g/mol. The van der Waals surface area contributed by atoms with Gasteiger partial charge in [0.05, 0.1) is 22.2 Å². The third-order valence-electron chi connectivity index (χ3n) is 3.00. The molecule has 0 aliphatic carbocycles. The summed E-state index contributed by atoms with van der Waals surface area (Å²) in [6.45, 7) is 3.42. The van der Waals surface area contributed by atoms with E-state index >= 15 is 0 Å². The van der Waals surface area contributed by atoms with Crippen LogP contribution in [-0.2, 0) is 14.3 Å². The van der Waals surface area contributed by atoms with Crippen LogP contribution in [0.1, 0.15) is 24.2 Å². The standard InChI is InChI=1S/C15H17Cl2FN2O4/c1-3-19-13(21)7-20(4-2)14(22)8-24-15(23)9-5-12(18)11(17)6-10(9)16/h5-6H,3-4,7-8H2,1-2H3,(H,19,21). The van der Waals surface area contributed by atoms with E-state index in [4.69, 9.17) is 27.9 Å². The van der Waals surface area contributed by atoms with Crippen molar-refractivity contribution in [2.45, 2.75) is 13.8 Å². The largest absolute Gasteiger partial charge is 0.452 e. The van der Waals surface area contributed by atoms with Gasteiger partial charge in [-0.1, -0.05) is 23.2 Å². The summed E-state index contributed by atoms with van der Waals surface area (Å²) < 4.78 is 18.2. The molecule has 0 aromatic heterocycles. The van der Waals surface area contributed by atoms with Crippen molar-refractivity contribution in [1.82, 2.24) is 10.2 Å². The molecule has 0 unspecified atom stereocenters. The van der Waals surface area contributed by atoms with Gasteiger partial charge in [-0.25, -0.2) is 9.18 Å². The average Bonchev–Trinajstić information content (AvgIpc) is 2.53. The number of nitrogens with one attached hydrogen (secondary N) is 1. The first-order valence-corrected chi connectivity index (χ1v) is 7.91. The minimum atomic E-state index is -0.960. The minimum absolute atomic E-state index is 0.0893. The molecule has 132 valence electrons. The molecule has 0 fully saturated rings. The topological polar surface area (TPSA) is 75.7 Å². The number of hydrogen-bond donors (Lipinski definition) is 1. The molecule has 0 aliphatic rings. The predicted octanol–water partition coefficient (Wildman–Crippen LogP) is 2.27. The third kappa shape index (κ3) is 5.65. The SMILES string of the molecule is CCNC(=O)CN(CC)C(=O)COC(=O)c1cc(F)c(Cl)cc1Cl. The van der Waals surface area contributed by atoms with Crippen molar-refractivity contribution < 1.29 is 23.5 Å². The second kappa shape index (κ2) is 9.44. The molecule has 1 aromatic rings. The number of hydrogen-bond acceptors (Lipinski definition) is 4. The second-order valence-electron chi connectivity index (χ2n) is 4.68. The Morgan fingerprint density at radius 1 is 1.21 bits per heavy atom. The van der Waals surface area contributed by atoms with Gasteiger partial charge in [-0.15, -0.1) is 0 Å². The number of carbonyl (C=O) groups excluding carboxylic acids is 3. The van der Waals surface area contributed by atoms with E-state index in [1.807, 2.05) is 0 Å². The Kier molecular flexibility index (Phi) is 7.94. The highest BCUT2D eigenvalue weighted by Crippen LogP contribution is 2.24. The van der Waals surface area contributed by atoms with Crippen molar-refractivity contribution in [2.24, 2.45) is 0 Å². The van der Waals surface area contributed by atoms with Crippen molar-refractivity contribution in [3.63, 3.8) is 0 Å². The maximum Gasteiger partial charge on any atom is 0.340 e. The van der Waals surface area contributed by atoms with E-state index in [9.17, 15) is 18.8 Å². The Morgan fingerprint density at radius 3 is 2.46 bits per heavy atom. The van der Waals surface area contributed by atoms with Crippen LogP contribution in [0, 0.1) is 5.82 Å². The van der Waals surface area contributed by atoms with Gasteiger partial charge in [0.15, 0.2) is 6.61 Å². The number of ether oxygens (including phenoxy) is 1. The zero-order valence-corrected chi connectivity index (χ0v) is 14.7. The van der Waals surface area contributed by atoms with Crippen molar-refractivity contribution in [1.29, 1.82) is 0 Å². The number of nitrogens with zero attached hydrogens (tertiary/aromatic N) is 1. The van der Waals surface area contributed by atoms with Crippen LogP contribution < -0.4 is 5.32 Å². The summed E-state index contributed by atoms with van der Waals surface area (Å²) in [6.07, 6.45) is 0. The summed E-state index contributed by atoms with van der Waals surface area (Å²) >= 11 is 11.3. The fourth-order valence-corrected chi connectivity index (χ4v) is 2.24. The first-order chi connectivity index (χ1) is 11.3. The number of carbonyl (C=O) groups is 3. The molecule has 1 rings (SSSR count). The Bertz CT molecular complexity index is 640. The normalized spacial score (nSPS) is 10.2. The molecule has 2 amide bonds. The number of benzene rings is 1. The van der Waals surface area contributed by atoms with Gasteiger partial charge in [-0.3, -0.25) is 9.59 Å². The van der Waals surface area contributed by atoms with E-state index in [1.165, 1.54) is 4.90 Å². The van der Waals surface area contributed by atoms with E-state index in [0.717, 1.165) is 12.1 Å². The Labute approximate surface area is 148 Å². The molecule has 0 radical (unpaired) electrons. The van der Waals surface area contributed by atoms with Crippen molar-refractivity contribution >= 4 is 41.0 Å². The number of amides is 2. The molecule has 1 aromatic carbocycles. The maximum absolute atomic E-state index is 13.4. The number of esters is 1. The molecule has 0 heterocycles. The molecule has 1 N–H and O–H groups in total. The molecular formula is C15H17Cl2FN2O4. The zero-order valence-electron chi connectivity index (χ0n) is 13.2. The third-order valence-corrected chi connectivity index (χ3v) is 3.60. The molecular weight excluding hydrogens is 362 g/mol. The molecule has 9 heteroatoms. The molecule has 0 saturated heterocycles. The van der Waals surface area contributed by atoms with Crippen molar-refractivity contribution in [2.75, 3.05) is 26.2 Å². The quantitative estimate of drug-likeness (QED) is 0.583. The predicted molar refractivity (Wildman–Crippen MR) is 87.6 cm³/mol. The van der Waals surface area contributed by atoms with E-state index in [2.05, 4.69) is 5.32 Å². The first kappa shape index (κ1) is 20.2. The van der Waals surface area contributed by atoms with E-state index in [0.29, 0.717) is 6.54 Å². The van der Waals surface area contributed by atoms with Crippen LogP contribution in [0.5, 0.6) is 0 Å². The van der Waals surface area contributed by atoms with Gasteiger partial charge in [-0.05, 0) is 26.0 Å². The number of halogens is 3. The number of likely N-dealkylation sites (N-methyl/N-ethyl adjacent to an activating group) is 2. The van der Waals surface area contributed by atoms with Crippen molar-refractivity contribution in [3.05, 3.63) is 33.6 Å². The highest BCUT2D eigenvalue weighted by molar-refractivity contribution is 6.36. The molecule has 0 aliphatic heterocycles. The smallest absolute Gasteiger partial charge is 0.340 e. The van der Waals surface area contributed by atoms with Crippen LogP contribution >= 0.6 is 23.2 Å². The summed E-state index contributed by atoms with van der Waals surface area (Å²) in [5.74, 6) is -2.66. The van der Waals surface area contributed by atoms with Crippen LogP contribution in [0.2, 0.25) is 10.0 Å². The highest BCUT2D eigenvalue weighted by Gasteiger charge is 2.20. The molecule has 0 bridgehead atoms. The van der Waals surface area contributed by atoms with Gasteiger partial charge in [0.1, 0.15) is 5.82 Å². The Balaban J connectivity index is 2.67. The van der Waals surface area contributed by atoms with Gasteiger partial charge < -0.3 is 15.0 Å². The molecule has 0 saturated carbocycles. The lowest BCUT2D eigenvalue weighted by Crippen LogP contribution is -2.42. The fourth-order valence-electron chi connectivity index (χ4n) is 1.78. The van der Waals surface area contributed by atoms with Crippen LogP contribution in [0.15, 0.2) is 12.1 Å². The monoisotopic (exact) mass is 378 g/mol. The molecule has 6 nitrogen and oxygen atoms in total. The van der Waals surface area contributed by atoms with Crippen LogP contribution in [0.3, 0.4) is 0 Å². The number of rotatable bonds is 7. The second-order valence-corrected chi connectivity index (χ2v) is 5.50. The molecule has 24 heavy (non-hydrogen) atoms.